The number of hydrogen-bond donors (Lipinski definition) is 0. The molecule has 7 nitrogen and oxygen atoms in total. The van der Waals surface area contributed by atoms with Gasteiger partial charge in [0.05, 0.1) is 32.8 Å². The van der Waals surface area contributed by atoms with Crippen molar-refractivity contribution in [3.63, 3.8) is 0 Å². The van der Waals surface area contributed by atoms with Crippen molar-refractivity contribution in [3.05, 3.63) is 47.9 Å². The Kier molecular flexibility index (Phi) is 4.23. The SMILES string of the molecule is COc1ccc(OC)c(C2CC(c3ccco3)=NN2S(C)(=O)=O)c1. The Labute approximate surface area is 140 Å². The molecule has 1 aliphatic rings. The molecule has 1 aliphatic heterocycles. The molecule has 0 saturated heterocycles. The van der Waals surface area contributed by atoms with Crippen LogP contribution in [0, 0.1) is 0 Å². The maximum atomic E-state index is 12.2. The standard InChI is InChI=1S/C16H18N2O5S/c1-21-11-6-7-15(22-2)12(9-11)14-10-13(16-5-4-8-23-16)17-18(14)24(3,19)20/h4-9,14H,10H2,1-3H3. The first-order chi connectivity index (χ1) is 11.4. The van der Waals surface area contributed by atoms with Crippen molar-refractivity contribution in [2.24, 2.45) is 5.10 Å². The van der Waals surface area contributed by atoms with Crippen molar-refractivity contribution in [2.45, 2.75) is 12.5 Å². The van der Waals surface area contributed by atoms with Gasteiger partial charge in [-0.25, -0.2) is 8.42 Å². The Hall–Kier alpha value is -2.48. The van der Waals surface area contributed by atoms with Crippen LogP contribution in [-0.4, -0.2) is 39.0 Å². The molecule has 0 bridgehead atoms. The van der Waals surface area contributed by atoms with Crippen LogP contribution in [0.5, 0.6) is 11.5 Å². The first-order valence-electron chi connectivity index (χ1n) is 7.26. The van der Waals surface area contributed by atoms with E-state index in [1.807, 2.05) is 0 Å². The van der Waals surface area contributed by atoms with E-state index in [9.17, 15) is 8.42 Å². The highest BCUT2D eigenvalue weighted by Crippen LogP contribution is 2.40. The zero-order valence-electron chi connectivity index (χ0n) is 13.6. The lowest BCUT2D eigenvalue weighted by molar-refractivity contribution is 0.348. The maximum absolute atomic E-state index is 12.2. The van der Waals surface area contributed by atoms with E-state index in [2.05, 4.69) is 5.10 Å². The highest BCUT2D eigenvalue weighted by Gasteiger charge is 2.37. The summed E-state index contributed by atoms with van der Waals surface area (Å²) in [6.45, 7) is 0. The van der Waals surface area contributed by atoms with Gasteiger partial charge in [-0.1, -0.05) is 0 Å². The van der Waals surface area contributed by atoms with Gasteiger partial charge in [0.2, 0.25) is 10.0 Å². The third kappa shape index (κ3) is 2.96. The van der Waals surface area contributed by atoms with Gasteiger partial charge in [-0.2, -0.15) is 9.52 Å². The summed E-state index contributed by atoms with van der Waals surface area (Å²) in [5.41, 5.74) is 1.26. The molecule has 0 N–H and O–H groups in total. The van der Waals surface area contributed by atoms with Crippen molar-refractivity contribution < 1.29 is 22.3 Å². The lowest BCUT2D eigenvalue weighted by Gasteiger charge is -2.23. The number of sulfonamides is 1. The molecule has 128 valence electrons. The van der Waals surface area contributed by atoms with E-state index in [1.54, 1.807) is 44.6 Å². The summed E-state index contributed by atoms with van der Waals surface area (Å²) in [6, 6.07) is 8.25. The number of methoxy groups -OCH3 is 2. The molecule has 0 saturated carbocycles. The van der Waals surface area contributed by atoms with Crippen molar-refractivity contribution in [1.29, 1.82) is 0 Å². The molecule has 0 aliphatic carbocycles. The Morgan fingerprint density at radius 2 is 2.04 bits per heavy atom. The molecule has 3 rings (SSSR count). The monoisotopic (exact) mass is 350 g/mol. The first-order valence-corrected chi connectivity index (χ1v) is 9.11. The van der Waals surface area contributed by atoms with Gasteiger partial charge in [-0.05, 0) is 30.3 Å². The normalized spacial score (nSPS) is 17.7. The van der Waals surface area contributed by atoms with E-state index in [4.69, 9.17) is 13.9 Å². The lowest BCUT2D eigenvalue weighted by atomic mass is 10.0. The van der Waals surface area contributed by atoms with E-state index in [1.165, 1.54) is 6.26 Å². The minimum atomic E-state index is -3.56. The summed E-state index contributed by atoms with van der Waals surface area (Å²) < 4.78 is 41.5. The van der Waals surface area contributed by atoms with Gasteiger partial charge in [0.15, 0.2) is 0 Å². The van der Waals surface area contributed by atoms with Crippen molar-refractivity contribution in [2.75, 3.05) is 20.5 Å². The Balaban J connectivity index is 2.07. The molecule has 0 radical (unpaired) electrons. The number of nitrogens with zero attached hydrogens (tertiary/aromatic N) is 2. The number of ether oxygens (including phenoxy) is 2. The lowest BCUT2D eigenvalue weighted by Crippen LogP contribution is -2.26. The van der Waals surface area contributed by atoms with E-state index in [0.29, 0.717) is 35.0 Å². The second-order valence-corrected chi connectivity index (χ2v) is 7.23. The van der Waals surface area contributed by atoms with Crippen molar-refractivity contribution >= 4 is 15.7 Å². The molecule has 1 atom stereocenters. The van der Waals surface area contributed by atoms with Crippen molar-refractivity contribution in [1.82, 2.24) is 4.41 Å². The fourth-order valence-corrected chi connectivity index (χ4v) is 3.61. The zero-order valence-corrected chi connectivity index (χ0v) is 14.4. The number of rotatable bonds is 5. The van der Waals surface area contributed by atoms with Gasteiger partial charge < -0.3 is 13.9 Å². The molecule has 0 amide bonds. The molecular weight excluding hydrogens is 332 g/mol. The molecule has 0 fully saturated rings. The number of hydrogen-bond acceptors (Lipinski definition) is 6. The van der Waals surface area contributed by atoms with Crippen LogP contribution in [0.4, 0.5) is 0 Å². The predicted molar refractivity (Wildman–Crippen MR) is 88.8 cm³/mol. The summed E-state index contributed by atoms with van der Waals surface area (Å²) in [4.78, 5) is 0. The first kappa shape index (κ1) is 16.4. The van der Waals surface area contributed by atoms with Crippen LogP contribution in [0.1, 0.15) is 23.8 Å². The molecule has 1 unspecified atom stereocenters. The van der Waals surface area contributed by atoms with Crippen LogP contribution in [0.3, 0.4) is 0 Å². The maximum Gasteiger partial charge on any atom is 0.247 e. The Bertz CT molecular complexity index is 859. The number of hydrazone groups is 1. The summed E-state index contributed by atoms with van der Waals surface area (Å²) in [5, 5.41) is 4.26. The highest BCUT2D eigenvalue weighted by atomic mass is 32.2. The molecule has 8 heteroatoms. The highest BCUT2D eigenvalue weighted by molar-refractivity contribution is 7.88. The van der Waals surface area contributed by atoms with Crippen LogP contribution in [-0.2, 0) is 10.0 Å². The summed E-state index contributed by atoms with van der Waals surface area (Å²) in [6.07, 6.45) is 3.04. The molecule has 1 aromatic heterocycles. The minimum Gasteiger partial charge on any atom is -0.497 e. The second-order valence-electron chi connectivity index (χ2n) is 5.39. The molecule has 2 aromatic rings. The molecule has 24 heavy (non-hydrogen) atoms. The average Bonchev–Trinajstić information content (AvgIpc) is 3.22. The van der Waals surface area contributed by atoms with E-state index < -0.39 is 16.1 Å². The zero-order chi connectivity index (χ0) is 17.3. The quantitative estimate of drug-likeness (QED) is 0.827. The fourth-order valence-electron chi connectivity index (χ4n) is 2.72. The molecular formula is C16H18N2O5S. The van der Waals surface area contributed by atoms with Gasteiger partial charge in [-0.3, -0.25) is 0 Å². The van der Waals surface area contributed by atoms with E-state index >= 15 is 0 Å². The van der Waals surface area contributed by atoms with Crippen LogP contribution < -0.4 is 9.47 Å². The second kappa shape index (κ2) is 6.20. The number of furan rings is 1. The smallest absolute Gasteiger partial charge is 0.247 e. The number of benzene rings is 1. The van der Waals surface area contributed by atoms with Gasteiger partial charge in [0, 0.05) is 12.0 Å². The fraction of sp³-hybridized carbons (Fsp3) is 0.312. The van der Waals surface area contributed by atoms with Crippen LogP contribution in [0.15, 0.2) is 46.1 Å². The average molecular weight is 350 g/mol. The van der Waals surface area contributed by atoms with Gasteiger partial charge in [0.1, 0.15) is 23.0 Å². The summed E-state index contributed by atoms with van der Waals surface area (Å²) >= 11 is 0. The summed E-state index contributed by atoms with van der Waals surface area (Å²) in [7, 11) is -0.465. The molecule has 0 spiro atoms. The Morgan fingerprint density at radius 3 is 2.62 bits per heavy atom. The van der Waals surface area contributed by atoms with Crippen molar-refractivity contribution in [3.8, 4) is 11.5 Å². The van der Waals surface area contributed by atoms with Crippen LogP contribution in [0.2, 0.25) is 0 Å². The largest absolute Gasteiger partial charge is 0.497 e. The van der Waals surface area contributed by atoms with Crippen LogP contribution >= 0.6 is 0 Å². The third-order valence-electron chi connectivity index (χ3n) is 3.81. The Morgan fingerprint density at radius 1 is 1.25 bits per heavy atom. The minimum absolute atomic E-state index is 0.379. The van der Waals surface area contributed by atoms with Gasteiger partial charge >= 0.3 is 0 Å². The van der Waals surface area contributed by atoms with Crippen LogP contribution in [0.25, 0.3) is 0 Å². The third-order valence-corrected chi connectivity index (χ3v) is 4.83. The van der Waals surface area contributed by atoms with E-state index in [0.717, 1.165) is 10.7 Å². The van der Waals surface area contributed by atoms with Gasteiger partial charge in [0.25, 0.3) is 0 Å². The van der Waals surface area contributed by atoms with E-state index in [-0.39, 0.29) is 0 Å². The summed E-state index contributed by atoms with van der Waals surface area (Å²) in [5.74, 6) is 1.74. The molecule has 2 heterocycles. The molecule has 1 aromatic carbocycles. The topological polar surface area (TPSA) is 81.3 Å². The predicted octanol–water partition coefficient (Wildman–Crippen LogP) is 2.41. The van der Waals surface area contributed by atoms with Gasteiger partial charge in [-0.15, -0.1) is 0 Å².